The van der Waals surface area contributed by atoms with E-state index >= 15 is 0 Å². The third-order valence-electron chi connectivity index (χ3n) is 1.22. The molecule has 61 valence electrons. The lowest BCUT2D eigenvalue weighted by atomic mass is 10.5. The minimum absolute atomic E-state index is 0.0228. The summed E-state index contributed by atoms with van der Waals surface area (Å²) in [7, 11) is -3.32. The number of rotatable bonds is 4. The third-order valence-corrected chi connectivity index (χ3v) is 3.33. The molecule has 0 aromatic rings. The Labute approximate surface area is 62.0 Å². The van der Waals surface area contributed by atoms with Crippen LogP contribution in [0.1, 0.15) is 26.7 Å². The van der Waals surface area contributed by atoms with Crippen LogP contribution in [0.15, 0.2) is 0 Å². The van der Waals surface area contributed by atoms with Gasteiger partial charge in [0.1, 0.15) is 0 Å². The van der Waals surface area contributed by atoms with Crippen LogP contribution in [-0.4, -0.2) is 19.6 Å². The van der Waals surface area contributed by atoms with Gasteiger partial charge in [0.2, 0.25) is 0 Å². The van der Waals surface area contributed by atoms with Crippen molar-refractivity contribution in [3.63, 3.8) is 0 Å². The van der Waals surface area contributed by atoms with E-state index in [0.717, 1.165) is 0 Å². The van der Waals surface area contributed by atoms with Crippen LogP contribution < -0.4 is 0 Å². The van der Waals surface area contributed by atoms with E-state index in [0.29, 0.717) is 6.42 Å². The van der Waals surface area contributed by atoms with Gasteiger partial charge in [0.15, 0.2) is 15.3 Å². The highest BCUT2D eigenvalue weighted by molar-refractivity contribution is 7.91. The van der Waals surface area contributed by atoms with Crippen LogP contribution in [-0.2, 0) is 14.9 Å². The molecule has 0 aromatic heterocycles. The Hall–Kier alpha value is -0.0900. The molecular weight excluding hydrogens is 152 g/mol. The molecule has 0 fully saturated rings. The maximum absolute atomic E-state index is 10.8. The summed E-state index contributed by atoms with van der Waals surface area (Å²) in [6, 6.07) is 0. The minimum Gasteiger partial charge on any atom is -0.226 e. The molecular formula is C6H13O3S. The fourth-order valence-corrected chi connectivity index (χ4v) is 2.01. The normalized spacial score (nSPS) is 15.1. The fourth-order valence-electron chi connectivity index (χ4n) is 0.670. The third kappa shape index (κ3) is 2.66. The Kier molecular flexibility index (Phi) is 3.89. The summed E-state index contributed by atoms with van der Waals surface area (Å²) in [6.45, 7) is 3.34. The number of hydrogen-bond acceptors (Lipinski definition) is 2. The lowest BCUT2D eigenvalue weighted by Gasteiger charge is -2.04. The zero-order valence-corrected chi connectivity index (χ0v) is 7.15. The highest BCUT2D eigenvalue weighted by Gasteiger charge is 2.20. The summed E-state index contributed by atoms with van der Waals surface area (Å²) in [5.74, 6) is 0.0228. The van der Waals surface area contributed by atoms with Gasteiger partial charge in [-0.1, -0.05) is 13.8 Å². The molecule has 0 rings (SSSR count). The van der Waals surface area contributed by atoms with Crippen molar-refractivity contribution in [3.05, 3.63) is 0 Å². The van der Waals surface area contributed by atoms with Crippen molar-refractivity contribution in [2.45, 2.75) is 32.1 Å². The summed E-state index contributed by atoms with van der Waals surface area (Å²) in [5.41, 5.74) is -1.41. The van der Waals surface area contributed by atoms with E-state index in [1.54, 1.807) is 13.8 Å². The van der Waals surface area contributed by atoms with Gasteiger partial charge < -0.3 is 0 Å². The lowest BCUT2D eigenvalue weighted by molar-refractivity contribution is 0.151. The van der Waals surface area contributed by atoms with Crippen molar-refractivity contribution < 1.29 is 13.5 Å². The molecule has 0 aliphatic heterocycles. The highest BCUT2D eigenvalue weighted by atomic mass is 32.2. The van der Waals surface area contributed by atoms with Gasteiger partial charge in [-0.15, -0.1) is 0 Å². The largest absolute Gasteiger partial charge is 0.226 e. The summed E-state index contributed by atoms with van der Waals surface area (Å²) < 4.78 is 21.7. The first kappa shape index (κ1) is 9.91. The van der Waals surface area contributed by atoms with Crippen LogP contribution in [0.3, 0.4) is 0 Å². The van der Waals surface area contributed by atoms with E-state index in [9.17, 15) is 13.5 Å². The zero-order valence-electron chi connectivity index (χ0n) is 6.33. The van der Waals surface area contributed by atoms with Crippen molar-refractivity contribution >= 4 is 9.84 Å². The second kappa shape index (κ2) is 3.93. The Morgan fingerprint density at radius 2 is 1.80 bits per heavy atom. The molecule has 10 heavy (non-hydrogen) atoms. The summed E-state index contributed by atoms with van der Waals surface area (Å²) in [5, 5.41) is 10.7. The molecule has 0 saturated carbocycles. The van der Waals surface area contributed by atoms with Crippen molar-refractivity contribution in [2.24, 2.45) is 0 Å². The lowest BCUT2D eigenvalue weighted by Crippen LogP contribution is -2.21. The second-order valence-corrected chi connectivity index (χ2v) is 4.46. The fraction of sp³-hybridized carbons (Fsp3) is 1.00. The van der Waals surface area contributed by atoms with Gasteiger partial charge in [0.25, 0.3) is 0 Å². The molecule has 1 unspecified atom stereocenters. The summed E-state index contributed by atoms with van der Waals surface area (Å²) in [6.07, 6.45) is 0.698. The molecule has 0 aliphatic carbocycles. The first-order chi connectivity index (χ1) is 4.54. The zero-order chi connectivity index (χ0) is 8.20. The van der Waals surface area contributed by atoms with Gasteiger partial charge in [-0.05, 0) is 12.8 Å². The monoisotopic (exact) mass is 165 g/mol. The van der Waals surface area contributed by atoms with E-state index in [4.69, 9.17) is 0 Å². The Morgan fingerprint density at radius 1 is 1.30 bits per heavy atom. The molecule has 0 N–H and O–H groups in total. The van der Waals surface area contributed by atoms with E-state index in [-0.39, 0.29) is 12.2 Å². The van der Waals surface area contributed by atoms with Gasteiger partial charge in [-0.2, -0.15) is 0 Å². The van der Waals surface area contributed by atoms with Gasteiger partial charge in [-0.3, -0.25) is 0 Å². The molecule has 4 heteroatoms. The molecule has 1 atom stereocenters. The first-order valence-electron chi connectivity index (χ1n) is 3.42. The molecule has 0 amide bonds. The SMILES string of the molecule is CCCS(=O)(=O)C([O])CC. The number of sulfone groups is 1. The van der Waals surface area contributed by atoms with Gasteiger partial charge in [0, 0.05) is 0 Å². The van der Waals surface area contributed by atoms with Gasteiger partial charge in [-0.25, -0.2) is 13.5 Å². The summed E-state index contributed by atoms with van der Waals surface area (Å²) in [4.78, 5) is 0. The van der Waals surface area contributed by atoms with Crippen LogP contribution in [0.2, 0.25) is 0 Å². The van der Waals surface area contributed by atoms with Crippen molar-refractivity contribution in [1.29, 1.82) is 0 Å². The maximum Gasteiger partial charge on any atom is 0.193 e. The Morgan fingerprint density at radius 3 is 2.10 bits per heavy atom. The van der Waals surface area contributed by atoms with E-state index in [2.05, 4.69) is 0 Å². The number of hydrogen-bond donors (Lipinski definition) is 0. The van der Waals surface area contributed by atoms with Crippen LogP contribution in [0.4, 0.5) is 0 Å². The minimum atomic E-state index is -3.32. The maximum atomic E-state index is 10.8. The average molecular weight is 165 g/mol. The smallest absolute Gasteiger partial charge is 0.193 e. The topological polar surface area (TPSA) is 54.0 Å². The van der Waals surface area contributed by atoms with Gasteiger partial charge in [0.05, 0.1) is 5.75 Å². The molecule has 0 saturated heterocycles. The van der Waals surface area contributed by atoms with Crippen molar-refractivity contribution in [1.82, 2.24) is 0 Å². The Balaban J connectivity index is 4.12. The molecule has 3 nitrogen and oxygen atoms in total. The Bertz CT molecular complexity index is 171. The predicted molar refractivity (Wildman–Crippen MR) is 38.8 cm³/mol. The molecule has 0 heterocycles. The summed E-state index contributed by atoms with van der Waals surface area (Å²) >= 11 is 0. The molecule has 0 aliphatic rings. The average Bonchev–Trinajstić information content (AvgIpc) is 1.86. The molecule has 1 radical (unpaired) electrons. The molecule has 0 aromatic carbocycles. The van der Waals surface area contributed by atoms with Crippen LogP contribution in [0.5, 0.6) is 0 Å². The highest BCUT2D eigenvalue weighted by Crippen LogP contribution is 2.04. The van der Waals surface area contributed by atoms with Crippen LogP contribution in [0, 0.1) is 0 Å². The van der Waals surface area contributed by atoms with E-state index in [1.165, 1.54) is 0 Å². The standard InChI is InChI=1S/C6H13O3S/c1-3-5-10(8,9)6(7)4-2/h6H,3-5H2,1-2H3. The van der Waals surface area contributed by atoms with Crippen LogP contribution in [0.25, 0.3) is 0 Å². The van der Waals surface area contributed by atoms with Crippen LogP contribution >= 0.6 is 0 Å². The van der Waals surface area contributed by atoms with Gasteiger partial charge >= 0.3 is 0 Å². The quantitative estimate of drug-likeness (QED) is 0.623. The van der Waals surface area contributed by atoms with Crippen molar-refractivity contribution in [2.75, 3.05) is 5.75 Å². The predicted octanol–water partition coefficient (Wildman–Crippen LogP) is 0.978. The second-order valence-electron chi connectivity index (χ2n) is 2.20. The molecule has 0 spiro atoms. The van der Waals surface area contributed by atoms with Crippen molar-refractivity contribution in [3.8, 4) is 0 Å². The first-order valence-corrected chi connectivity index (χ1v) is 5.13. The van der Waals surface area contributed by atoms with E-state index in [1.807, 2.05) is 0 Å². The van der Waals surface area contributed by atoms with E-state index < -0.39 is 15.3 Å². The molecule has 0 bridgehead atoms.